The van der Waals surface area contributed by atoms with Crippen LogP contribution < -0.4 is 5.32 Å². The fourth-order valence-corrected chi connectivity index (χ4v) is 3.99. The van der Waals surface area contributed by atoms with Crippen LogP contribution >= 0.6 is 0 Å². The van der Waals surface area contributed by atoms with Crippen molar-refractivity contribution in [3.8, 4) is 5.69 Å². The minimum Gasteiger partial charge on any atom is -0.352 e. The third kappa shape index (κ3) is 4.82. The first kappa shape index (κ1) is 23.5. The maximum Gasteiger partial charge on any atom is 0.419 e. The summed E-state index contributed by atoms with van der Waals surface area (Å²) >= 11 is 0. The zero-order valence-corrected chi connectivity index (χ0v) is 17.9. The number of hydrogen-bond acceptors (Lipinski definition) is 6. The van der Waals surface area contributed by atoms with Crippen LogP contribution in [-0.4, -0.2) is 54.9 Å². The number of amides is 1. The molecule has 1 aliphatic heterocycles. The van der Waals surface area contributed by atoms with E-state index < -0.39 is 35.3 Å². The summed E-state index contributed by atoms with van der Waals surface area (Å²) in [5.74, 6) is -2.65. The summed E-state index contributed by atoms with van der Waals surface area (Å²) in [6, 6.07) is 1.15. The zero-order valence-electron chi connectivity index (χ0n) is 17.9. The molecule has 1 saturated heterocycles. The zero-order chi connectivity index (χ0) is 24.5. The van der Waals surface area contributed by atoms with Crippen molar-refractivity contribution in [3.63, 3.8) is 0 Å². The number of benzene rings is 1. The van der Waals surface area contributed by atoms with Gasteiger partial charge in [0.2, 0.25) is 5.95 Å². The maximum atomic E-state index is 14.8. The van der Waals surface area contributed by atoms with Gasteiger partial charge in [-0.1, -0.05) is 6.92 Å². The largest absolute Gasteiger partial charge is 0.419 e. The number of rotatable bonds is 5. The third-order valence-corrected chi connectivity index (χ3v) is 5.71. The van der Waals surface area contributed by atoms with E-state index in [1.807, 2.05) is 6.92 Å². The molecule has 0 spiro atoms. The SMILES string of the molecule is CC1CCCN(C(=O)c2c(F)cc(F)cc2-n2nccn2)C1CNc1ncc(C(F)(F)F)cn1. The van der Waals surface area contributed by atoms with Crippen molar-refractivity contribution in [2.75, 3.05) is 18.4 Å². The molecule has 13 heteroatoms. The topological polar surface area (TPSA) is 88.8 Å². The van der Waals surface area contributed by atoms with Gasteiger partial charge < -0.3 is 10.2 Å². The molecular weight excluding hydrogens is 461 g/mol. The highest BCUT2D eigenvalue weighted by Crippen LogP contribution is 2.30. The molecule has 1 fully saturated rings. The molecular formula is C21H20F5N7O. The molecule has 1 aliphatic rings. The monoisotopic (exact) mass is 481 g/mol. The molecule has 4 rings (SSSR count). The van der Waals surface area contributed by atoms with Gasteiger partial charge >= 0.3 is 6.18 Å². The number of anilines is 1. The van der Waals surface area contributed by atoms with Crippen molar-refractivity contribution in [1.29, 1.82) is 0 Å². The van der Waals surface area contributed by atoms with Gasteiger partial charge in [-0.2, -0.15) is 28.2 Å². The Morgan fingerprint density at radius 3 is 2.47 bits per heavy atom. The summed E-state index contributed by atoms with van der Waals surface area (Å²) in [7, 11) is 0. The number of nitrogens with one attached hydrogen (secondary N) is 1. The van der Waals surface area contributed by atoms with Gasteiger partial charge in [0.15, 0.2) is 0 Å². The third-order valence-electron chi connectivity index (χ3n) is 5.71. The standard InChI is InChI=1S/C21H20F5N7O/c1-12-3-2-6-32(17(12)11-29-20-27-9-13(10-28-20)21(24,25)26)19(34)18-15(23)7-14(22)8-16(18)33-30-4-5-31-33/h4-5,7-10,12,17H,2-3,6,11H2,1H3,(H,27,28,29). The van der Waals surface area contributed by atoms with Gasteiger partial charge in [-0.05, 0) is 18.8 Å². The average Bonchev–Trinajstić information content (AvgIpc) is 3.32. The minimum absolute atomic E-state index is 0.0190. The Morgan fingerprint density at radius 2 is 1.82 bits per heavy atom. The summed E-state index contributed by atoms with van der Waals surface area (Å²) in [5.41, 5.74) is -1.49. The van der Waals surface area contributed by atoms with Crippen LogP contribution in [0.1, 0.15) is 35.7 Å². The van der Waals surface area contributed by atoms with Crippen LogP contribution in [-0.2, 0) is 6.18 Å². The van der Waals surface area contributed by atoms with Gasteiger partial charge in [0.1, 0.15) is 22.9 Å². The van der Waals surface area contributed by atoms with Crippen LogP contribution in [0, 0.1) is 17.6 Å². The van der Waals surface area contributed by atoms with Gasteiger partial charge in [-0.25, -0.2) is 18.7 Å². The van der Waals surface area contributed by atoms with Gasteiger partial charge in [-0.15, -0.1) is 0 Å². The van der Waals surface area contributed by atoms with Crippen molar-refractivity contribution >= 4 is 11.9 Å². The molecule has 0 bridgehead atoms. The number of aromatic nitrogens is 5. The van der Waals surface area contributed by atoms with E-state index in [2.05, 4.69) is 25.5 Å². The maximum absolute atomic E-state index is 14.8. The molecule has 34 heavy (non-hydrogen) atoms. The Bertz CT molecular complexity index is 1150. The van der Waals surface area contributed by atoms with Crippen LogP contribution in [0.4, 0.5) is 27.9 Å². The first-order valence-electron chi connectivity index (χ1n) is 10.4. The second kappa shape index (κ2) is 9.31. The molecule has 2 atom stereocenters. The second-order valence-corrected chi connectivity index (χ2v) is 7.96. The molecule has 1 N–H and O–H groups in total. The fourth-order valence-electron chi connectivity index (χ4n) is 3.99. The van der Waals surface area contributed by atoms with E-state index in [9.17, 15) is 26.7 Å². The van der Waals surface area contributed by atoms with Crippen molar-refractivity contribution in [2.24, 2.45) is 5.92 Å². The van der Waals surface area contributed by atoms with E-state index in [1.165, 1.54) is 17.3 Å². The van der Waals surface area contributed by atoms with E-state index in [-0.39, 0.29) is 29.7 Å². The molecule has 2 unspecified atom stereocenters. The fraction of sp³-hybridized carbons (Fsp3) is 0.381. The van der Waals surface area contributed by atoms with Crippen molar-refractivity contribution < 1.29 is 26.7 Å². The Labute approximate surface area is 190 Å². The summed E-state index contributed by atoms with van der Waals surface area (Å²) in [6.07, 6.45) is 0.856. The number of piperidine rings is 1. The van der Waals surface area contributed by atoms with Crippen LogP contribution in [0.25, 0.3) is 5.69 Å². The first-order chi connectivity index (χ1) is 16.1. The van der Waals surface area contributed by atoms with Gasteiger partial charge in [-0.3, -0.25) is 4.79 Å². The molecule has 0 saturated carbocycles. The number of carbonyl (C=O) groups is 1. The highest BCUT2D eigenvalue weighted by Gasteiger charge is 2.35. The van der Waals surface area contributed by atoms with E-state index in [0.29, 0.717) is 31.4 Å². The van der Waals surface area contributed by atoms with E-state index in [1.54, 1.807) is 0 Å². The number of likely N-dealkylation sites (tertiary alicyclic amines) is 1. The molecule has 8 nitrogen and oxygen atoms in total. The second-order valence-electron chi connectivity index (χ2n) is 7.96. The van der Waals surface area contributed by atoms with Gasteiger partial charge in [0.25, 0.3) is 5.91 Å². The lowest BCUT2D eigenvalue weighted by atomic mass is 9.90. The quantitative estimate of drug-likeness (QED) is 0.559. The molecule has 3 heterocycles. The summed E-state index contributed by atoms with van der Waals surface area (Å²) < 4.78 is 67.0. The Balaban J connectivity index is 1.59. The lowest BCUT2D eigenvalue weighted by molar-refractivity contribution is -0.138. The Morgan fingerprint density at radius 1 is 1.15 bits per heavy atom. The minimum atomic E-state index is -4.56. The highest BCUT2D eigenvalue weighted by molar-refractivity contribution is 5.98. The van der Waals surface area contributed by atoms with Gasteiger partial charge in [0, 0.05) is 37.6 Å². The molecule has 0 aliphatic carbocycles. The molecule has 3 aromatic rings. The van der Waals surface area contributed by atoms with Gasteiger partial charge in [0.05, 0.1) is 24.0 Å². The predicted molar refractivity (Wildman–Crippen MR) is 110 cm³/mol. The number of carbonyl (C=O) groups excluding carboxylic acids is 1. The van der Waals surface area contributed by atoms with E-state index >= 15 is 0 Å². The molecule has 2 aromatic heterocycles. The summed E-state index contributed by atoms with van der Waals surface area (Å²) in [6.45, 7) is 2.35. The molecule has 1 aromatic carbocycles. The Kier molecular flexibility index (Phi) is 6.44. The lowest BCUT2D eigenvalue weighted by Crippen LogP contribution is -2.51. The highest BCUT2D eigenvalue weighted by atomic mass is 19.4. The number of alkyl halides is 3. The smallest absolute Gasteiger partial charge is 0.352 e. The van der Waals surface area contributed by atoms with Crippen molar-refractivity contribution in [3.05, 3.63) is 59.7 Å². The first-order valence-corrected chi connectivity index (χ1v) is 10.4. The number of nitrogens with zero attached hydrogens (tertiary/aromatic N) is 6. The summed E-state index contributed by atoms with van der Waals surface area (Å²) in [5, 5.41) is 10.6. The van der Waals surface area contributed by atoms with Crippen LogP contribution in [0.2, 0.25) is 0 Å². The van der Waals surface area contributed by atoms with Crippen LogP contribution in [0.15, 0.2) is 36.9 Å². The Hall–Kier alpha value is -3.64. The van der Waals surface area contributed by atoms with E-state index in [4.69, 9.17) is 0 Å². The van der Waals surface area contributed by atoms with E-state index in [0.717, 1.165) is 17.3 Å². The number of halogens is 5. The summed E-state index contributed by atoms with van der Waals surface area (Å²) in [4.78, 5) is 23.3. The molecule has 180 valence electrons. The molecule has 0 radical (unpaired) electrons. The van der Waals surface area contributed by atoms with Crippen molar-refractivity contribution in [1.82, 2.24) is 29.9 Å². The number of hydrogen-bond donors (Lipinski definition) is 1. The normalized spacial score (nSPS) is 18.7. The predicted octanol–water partition coefficient (Wildman–Crippen LogP) is 3.71. The van der Waals surface area contributed by atoms with Crippen molar-refractivity contribution in [2.45, 2.75) is 32.0 Å². The van der Waals surface area contributed by atoms with Crippen LogP contribution in [0.5, 0.6) is 0 Å². The van der Waals surface area contributed by atoms with Crippen LogP contribution in [0.3, 0.4) is 0 Å². The average molecular weight is 481 g/mol. The lowest BCUT2D eigenvalue weighted by Gasteiger charge is -2.40. The molecule has 1 amide bonds.